The molecule has 1 amide bonds. The van der Waals surface area contributed by atoms with E-state index in [-0.39, 0.29) is 18.7 Å². The van der Waals surface area contributed by atoms with Crippen LogP contribution in [0, 0.1) is 0 Å². The molecule has 0 saturated carbocycles. The first-order valence-corrected chi connectivity index (χ1v) is 10.8. The molecular weight excluding hydrogens is 396 g/mol. The van der Waals surface area contributed by atoms with Crippen LogP contribution >= 0.6 is 0 Å². The molecule has 12 heteroatoms. The van der Waals surface area contributed by atoms with Gasteiger partial charge >= 0.3 is 10.2 Å². The monoisotopic (exact) mass is 414 g/mol. The van der Waals surface area contributed by atoms with Gasteiger partial charge in [0.25, 0.3) is 10.2 Å². The van der Waals surface area contributed by atoms with Crippen LogP contribution in [0.3, 0.4) is 0 Å². The van der Waals surface area contributed by atoms with E-state index in [1.807, 2.05) is 4.72 Å². The number of aliphatic hydroxyl groups excluding tert-OH is 1. The molecule has 0 bridgehead atoms. The molecule has 0 radical (unpaired) electrons. The average molecular weight is 414 g/mol. The molecule has 0 aromatic heterocycles. The van der Waals surface area contributed by atoms with Gasteiger partial charge in [-0.1, -0.05) is 24.3 Å². The topological polar surface area (TPSA) is 159 Å². The number of nitrogens with one attached hydrogen (secondary N) is 2. The van der Waals surface area contributed by atoms with E-state index in [0.29, 0.717) is 23.2 Å². The molecule has 146 valence electrons. The zero-order valence-electron chi connectivity index (χ0n) is 14.0. The Hall–Kier alpha value is -2.41. The van der Waals surface area contributed by atoms with E-state index < -0.39 is 32.4 Å². The van der Waals surface area contributed by atoms with Crippen molar-refractivity contribution in [3.8, 4) is 0 Å². The van der Waals surface area contributed by atoms with Crippen LogP contribution in [0.2, 0.25) is 0 Å². The standard InChI is InChI=1S/C15H18N4O6S2/c16-26(22,23)17-12-4-2-1-3-11(12)7-10-5-6-13(14(20)8-10)19-9-15(21)18-27(19,24)25/h1-5,8,13,17,20H,6-7,9H2,(H,18,21)(H2,16,22,23). The van der Waals surface area contributed by atoms with Gasteiger partial charge < -0.3 is 5.11 Å². The number of amides is 1. The molecule has 1 aliphatic carbocycles. The number of carbonyl (C=O) groups excluding carboxylic acids is 1. The number of allylic oxidation sites excluding steroid dienone is 2. The smallest absolute Gasteiger partial charge is 0.305 e. The van der Waals surface area contributed by atoms with E-state index >= 15 is 0 Å². The van der Waals surface area contributed by atoms with E-state index in [4.69, 9.17) is 5.14 Å². The second-order valence-electron chi connectivity index (χ2n) is 6.16. The second kappa shape index (κ2) is 6.96. The highest BCUT2D eigenvalue weighted by Crippen LogP contribution is 2.28. The third-order valence-electron chi connectivity index (χ3n) is 4.14. The largest absolute Gasteiger partial charge is 0.511 e. The van der Waals surface area contributed by atoms with Gasteiger partial charge in [-0.15, -0.1) is 0 Å². The Morgan fingerprint density at radius 3 is 2.63 bits per heavy atom. The molecule has 1 heterocycles. The Morgan fingerprint density at radius 1 is 1.33 bits per heavy atom. The van der Waals surface area contributed by atoms with Crippen molar-refractivity contribution in [1.82, 2.24) is 9.03 Å². The molecule has 1 atom stereocenters. The van der Waals surface area contributed by atoms with Gasteiger partial charge in [0.05, 0.1) is 18.3 Å². The normalized spacial score (nSPS) is 22.7. The number of carbonyl (C=O) groups is 1. The van der Waals surface area contributed by atoms with Crippen molar-refractivity contribution in [3.63, 3.8) is 0 Å². The first-order chi connectivity index (χ1) is 12.5. The Morgan fingerprint density at radius 2 is 2.04 bits per heavy atom. The number of hydrogen-bond acceptors (Lipinski definition) is 6. The maximum atomic E-state index is 11.9. The number of aliphatic hydroxyl groups is 1. The van der Waals surface area contributed by atoms with Gasteiger partial charge in [-0.3, -0.25) is 9.52 Å². The summed E-state index contributed by atoms with van der Waals surface area (Å²) in [7, 11) is -7.89. The van der Waals surface area contributed by atoms with Crippen LogP contribution in [0.1, 0.15) is 12.0 Å². The van der Waals surface area contributed by atoms with E-state index in [0.717, 1.165) is 4.31 Å². The molecule has 2 aliphatic rings. The van der Waals surface area contributed by atoms with Crippen molar-refractivity contribution in [2.45, 2.75) is 18.9 Å². The molecule has 1 aromatic rings. The van der Waals surface area contributed by atoms with Gasteiger partial charge in [-0.05, 0) is 36.1 Å². The van der Waals surface area contributed by atoms with E-state index in [1.54, 1.807) is 30.3 Å². The summed E-state index contributed by atoms with van der Waals surface area (Å²) < 4.78 is 51.4. The van der Waals surface area contributed by atoms with Crippen LogP contribution in [0.5, 0.6) is 0 Å². The van der Waals surface area contributed by atoms with Gasteiger partial charge in [0.15, 0.2) is 0 Å². The van der Waals surface area contributed by atoms with Crippen LogP contribution in [0.15, 0.2) is 47.7 Å². The summed E-state index contributed by atoms with van der Waals surface area (Å²) in [6, 6.07) is 5.78. The SMILES string of the molecule is NS(=O)(=O)Nc1ccccc1CC1=CCC(N2CC(=O)NS2(=O)=O)C(O)=C1. The number of para-hydroxylation sites is 1. The van der Waals surface area contributed by atoms with Crippen molar-refractivity contribution >= 4 is 32.0 Å². The maximum absolute atomic E-state index is 11.9. The number of anilines is 1. The van der Waals surface area contributed by atoms with E-state index in [2.05, 4.69) is 4.72 Å². The van der Waals surface area contributed by atoms with Gasteiger partial charge in [0, 0.05) is 0 Å². The first-order valence-electron chi connectivity index (χ1n) is 7.85. The Balaban J connectivity index is 1.79. The van der Waals surface area contributed by atoms with E-state index in [1.165, 1.54) is 6.08 Å². The highest BCUT2D eigenvalue weighted by molar-refractivity contribution is 7.90. The fourth-order valence-corrected chi connectivity index (χ4v) is 4.79. The molecule has 3 rings (SSSR count). The Kier molecular flexibility index (Phi) is 4.99. The Bertz CT molecular complexity index is 1050. The summed E-state index contributed by atoms with van der Waals surface area (Å²) in [6.45, 7) is -0.352. The highest BCUT2D eigenvalue weighted by Gasteiger charge is 2.41. The number of benzene rings is 1. The van der Waals surface area contributed by atoms with Crippen molar-refractivity contribution in [3.05, 3.63) is 53.3 Å². The molecule has 0 spiro atoms. The molecule has 1 unspecified atom stereocenters. The summed E-state index contributed by atoms with van der Waals surface area (Å²) in [4.78, 5) is 11.4. The molecule has 1 fully saturated rings. The molecular formula is C15H18N4O6S2. The minimum Gasteiger partial charge on any atom is -0.511 e. The zero-order chi connectivity index (χ0) is 19.8. The second-order valence-corrected chi connectivity index (χ2v) is 9.07. The zero-order valence-corrected chi connectivity index (χ0v) is 15.6. The van der Waals surface area contributed by atoms with Gasteiger partial charge in [-0.2, -0.15) is 21.1 Å². The molecule has 10 nitrogen and oxygen atoms in total. The number of nitrogens with zero attached hydrogens (tertiary/aromatic N) is 1. The summed E-state index contributed by atoms with van der Waals surface area (Å²) >= 11 is 0. The average Bonchev–Trinajstić information content (AvgIpc) is 2.80. The van der Waals surface area contributed by atoms with E-state index in [9.17, 15) is 26.7 Å². The summed E-state index contributed by atoms with van der Waals surface area (Å²) in [5.74, 6) is -0.843. The summed E-state index contributed by atoms with van der Waals surface area (Å²) in [5, 5.41) is 15.3. The third kappa shape index (κ3) is 4.47. The fourth-order valence-electron chi connectivity index (χ4n) is 3.00. The Labute approximate surface area is 156 Å². The molecule has 1 aliphatic heterocycles. The minimum absolute atomic E-state index is 0.177. The summed E-state index contributed by atoms with van der Waals surface area (Å²) in [6.07, 6.45) is 3.62. The number of hydrogen-bond donors (Lipinski definition) is 4. The van der Waals surface area contributed by atoms with Crippen LogP contribution in [0.25, 0.3) is 0 Å². The third-order valence-corrected chi connectivity index (χ3v) is 6.13. The lowest BCUT2D eigenvalue weighted by Crippen LogP contribution is -2.40. The number of rotatable bonds is 5. The molecule has 27 heavy (non-hydrogen) atoms. The minimum atomic E-state index is -3.96. The van der Waals surface area contributed by atoms with Crippen LogP contribution < -0.4 is 14.6 Å². The molecule has 1 saturated heterocycles. The maximum Gasteiger partial charge on any atom is 0.305 e. The van der Waals surface area contributed by atoms with Crippen LogP contribution in [-0.4, -0.2) is 44.7 Å². The van der Waals surface area contributed by atoms with Crippen molar-refractivity contribution in [1.29, 1.82) is 0 Å². The van der Waals surface area contributed by atoms with Crippen LogP contribution in [-0.2, 0) is 31.6 Å². The lowest BCUT2D eigenvalue weighted by Gasteiger charge is -2.26. The van der Waals surface area contributed by atoms with Gasteiger partial charge in [-0.25, -0.2) is 9.86 Å². The molecule has 1 aromatic carbocycles. The molecule has 5 N–H and O–H groups in total. The lowest BCUT2D eigenvalue weighted by atomic mass is 9.95. The van der Waals surface area contributed by atoms with Crippen molar-refractivity contribution in [2.24, 2.45) is 5.14 Å². The number of nitrogens with two attached hydrogens (primary N) is 1. The fraction of sp³-hybridized carbons (Fsp3) is 0.267. The highest BCUT2D eigenvalue weighted by atomic mass is 32.2. The van der Waals surface area contributed by atoms with Gasteiger partial charge in [0.1, 0.15) is 5.76 Å². The lowest BCUT2D eigenvalue weighted by molar-refractivity contribution is -0.118. The predicted octanol–water partition coefficient (Wildman–Crippen LogP) is -0.338. The first kappa shape index (κ1) is 19.4. The quantitative estimate of drug-likeness (QED) is 0.516. The van der Waals surface area contributed by atoms with Crippen molar-refractivity contribution < 1.29 is 26.7 Å². The van der Waals surface area contributed by atoms with Crippen LogP contribution in [0.4, 0.5) is 5.69 Å². The summed E-state index contributed by atoms with van der Waals surface area (Å²) in [5.41, 5.74) is 1.61. The predicted molar refractivity (Wildman–Crippen MR) is 97.8 cm³/mol. The van der Waals surface area contributed by atoms with Crippen molar-refractivity contribution in [2.75, 3.05) is 11.3 Å². The van der Waals surface area contributed by atoms with Gasteiger partial charge in [0.2, 0.25) is 5.91 Å².